The number of hydrogen-bond acceptors (Lipinski definition) is 4. The molecule has 0 amide bonds. The summed E-state index contributed by atoms with van der Waals surface area (Å²) in [7, 11) is 3.24. The Kier molecular flexibility index (Phi) is 7.13. The van der Waals surface area contributed by atoms with Crippen molar-refractivity contribution in [1.29, 1.82) is 0 Å². The van der Waals surface area contributed by atoms with Gasteiger partial charge < -0.3 is 19.9 Å². The molecule has 114 valence electrons. The average molecular weight is 302 g/mol. The van der Waals surface area contributed by atoms with Crippen molar-refractivity contribution in [2.45, 2.75) is 38.8 Å². The van der Waals surface area contributed by atoms with Crippen LogP contribution in [0.5, 0.6) is 11.5 Å². The Morgan fingerprint density at radius 1 is 1.30 bits per heavy atom. The molecule has 20 heavy (non-hydrogen) atoms. The highest BCUT2D eigenvalue weighted by molar-refractivity contribution is 6.32. The summed E-state index contributed by atoms with van der Waals surface area (Å²) >= 11 is 6.28. The number of hydrogen-bond donors (Lipinski definition) is 1. The van der Waals surface area contributed by atoms with E-state index in [0.717, 1.165) is 18.4 Å². The van der Waals surface area contributed by atoms with Gasteiger partial charge in [-0.3, -0.25) is 0 Å². The lowest BCUT2D eigenvalue weighted by atomic mass is 10.0. The molecule has 0 aliphatic carbocycles. The van der Waals surface area contributed by atoms with Crippen molar-refractivity contribution < 1.29 is 14.2 Å². The van der Waals surface area contributed by atoms with Gasteiger partial charge in [-0.25, -0.2) is 0 Å². The first-order valence-electron chi connectivity index (χ1n) is 6.79. The van der Waals surface area contributed by atoms with E-state index >= 15 is 0 Å². The van der Waals surface area contributed by atoms with Crippen LogP contribution in [-0.4, -0.2) is 33.0 Å². The zero-order valence-corrected chi connectivity index (χ0v) is 13.4. The summed E-state index contributed by atoms with van der Waals surface area (Å²) in [5.74, 6) is 1.17. The number of halogens is 1. The molecule has 0 bridgehead atoms. The van der Waals surface area contributed by atoms with Crippen LogP contribution in [-0.2, 0) is 11.2 Å². The van der Waals surface area contributed by atoms with E-state index in [4.69, 9.17) is 31.5 Å². The van der Waals surface area contributed by atoms with E-state index in [0.29, 0.717) is 23.1 Å². The minimum absolute atomic E-state index is 0.0102. The summed E-state index contributed by atoms with van der Waals surface area (Å²) < 4.78 is 16.2. The van der Waals surface area contributed by atoms with Gasteiger partial charge in [-0.15, -0.1) is 0 Å². The first-order valence-corrected chi connectivity index (χ1v) is 7.17. The van der Waals surface area contributed by atoms with Crippen LogP contribution < -0.4 is 15.2 Å². The molecule has 0 radical (unpaired) electrons. The molecule has 0 saturated carbocycles. The SMILES string of the molecule is CCC(N)Cc1cc(Cl)c(OCC(C)OC)c(OC)c1. The van der Waals surface area contributed by atoms with Gasteiger partial charge in [0.25, 0.3) is 0 Å². The zero-order valence-electron chi connectivity index (χ0n) is 12.6. The number of nitrogens with two attached hydrogens (primary N) is 1. The van der Waals surface area contributed by atoms with Gasteiger partial charge in [0.15, 0.2) is 11.5 Å². The van der Waals surface area contributed by atoms with Crippen molar-refractivity contribution >= 4 is 11.6 Å². The first-order chi connectivity index (χ1) is 9.51. The van der Waals surface area contributed by atoms with Crippen molar-refractivity contribution in [2.75, 3.05) is 20.8 Å². The van der Waals surface area contributed by atoms with Gasteiger partial charge in [0.05, 0.1) is 18.2 Å². The van der Waals surface area contributed by atoms with Crippen LogP contribution in [0.1, 0.15) is 25.8 Å². The summed E-state index contributed by atoms with van der Waals surface area (Å²) in [5, 5.41) is 0.533. The molecule has 5 heteroatoms. The van der Waals surface area contributed by atoms with Gasteiger partial charge in [-0.2, -0.15) is 0 Å². The zero-order chi connectivity index (χ0) is 15.1. The van der Waals surface area contributed by atoms with E-state index in [-0.39, 0.29) is 12.1 Å². The summed E-state index contributed by atoms with van der Waals surface area (Å²) in [4.78, 5) is 0. The molecule has 1 aromatic carbocycles. The van der Waals surface area contributed by atoms with Crippen LogP contribution in [0.2, 0.25) is 5.02 Å². The Morgan fingerprint density at radius 3 is 2.55 bits per heavy atom. The number of benzene rings is 1. The molecular formula is C15H24ClNO3. The number of rotatable bonds is 8. The fourth-order valence-corrected chi connectivity index (χ4v) is 2.03. The smallest absolute Gasteiger partial charge is 0.179 e. The molecular weight excluding hydrogens is 278 g/mol. The van der Waals surface area contributed by atoms with Crippen LogP contribution in [0.4, 0.5) is 0 Å². The van der Waals surface area contributed by atoms with Crippen LogP contribution in [0.3, 0.4) is 0 Å². The lowest BCUT2D eigenvalue weighted by molar-refractivity contribution is 0.0706. The predicted octanol–water partition coefficient (Wildman–Crippen LogP) is 3.04. The number of methoxy groups -OCH3 is 2. The fraction of sp³-hybridized carbons (Fsp3) is 0.600. The van der Waals surface area contributed by atoms with E-state index in [1.54, 1.807) is 14.2 Å². The Hall–Kier alpha value is -0.970. The van der Waals surface area contributed by atoms with Crippen LogP contribution >= 0.6 is 11.6 Å². The summed E-state index contributed by atoms with van der Waals surface area (Å²) in [6.07, 6.45) is 1.68. The summed E-state index contributed by atoms with van der Waals surface area (Å²) in [6.45, 7) is 4.41. The van der Waals surface area contributed by atoms with Crippen molar-refractivity contribution in [3.8, 4) is 11.5 Å². The molecule has 1 aromatic rings. The molecule has 1 rings (SSSR count). The third-order valence-corrected chi connectivity index (χ3v) is 3.46. The molecule has 0 aliphatic heterocycles. The highest BCUT2D eigenvalue weighted by Gasteiger charge is 2.14. The highest BCUT2D eigenvalue weighted by Crippen LogP contribution is 2.36. The minimum Gasteiger partial charge on any atom is -0.493 e. The lowest BCUT2D eigenvalue weighted by Crippen LogP contribution is -2.21. The monoisotopic (exact) mass is 301 g/mol. The molecule has 0 aliphatic rings. The standard InChI is InChI=1S/C15H24ClNO3/c1-5-12(17)6-11-7-13(16)15(14(8-11)19-4)20-9-10(2)18-3/h7-8,10,12H,5-6,9,17H2,1-4H3. The van der Waals surface area contributed by atoms with E-state index in [9.17, 15) is 0 Å². The quantitative estimate of drug-likeness (QED) is 0.802. The summed E-state index contributed by atoms with van der Waals surface area (Å²) in [6, 6.07) is 3.93. The summed E-state index contributed by atoms with van der Waals surface area (Å²) in [5.41, 5.74) is 7.02. The maximum Gasteiger partial charge on any atom is 0.179 e. The molecule has 0 aromatic heterocycles. The van der Waals surface area contributed by atoms with Crippen LogP contribution in [0.15, 0.2) is 12.1 Å². The number of ether oxygens (including phenoxy) is 3. The normalized spacial score (nSPS) is 13.9. The Morgan fingerprint density at radius 2 is 2.00 bits per heavy atom. The third-order valence-electron chi connectivity index (χ3n) is 3.18. The van der Waals surface area contributed by atoms with Crippen molar-refractivity contribution in [2.24, 2.45) is 5.73 Å². The minimum atomic E-state index is -0.0102. The Balaban J connectivity index is 2.90. The second-order valence-corrected chi connectivity index (χ2v) is 5.25. The fourth-order valence-electron chi connectivity index (χ4n) is 1.75. The van der Waals surface area contributed by atoms with E-state index in [2.05, 4.69) is 6.92 Å². The maximum absolute atomic E-state index is 6.28. The van der Waals surface area contributed by atoms with Crippen LogP contribution in [0.25, 0.3) is 0 Å². The molecule has 0 heterocycles. The molecule has 2 unspecified atom stereocenters. The highest BCUT2D eigenvalue weighted by atomic mass is 35.5. The van der Waals surface area contributed by atoms with Crippen LogP contribution in [0, 0.1) is 0 Å². The van der Waals surface area contributed by atoms with Gasteiger partial charge >= 0.3 is 0 Å². The molecule has 0 fully saturated rings. The molecule has 0 saturated heterocycles. The van der Waals surface area contributed by atoms with Crippen molar-refractivity contribution in [3.05, 3.63) is 22.7 Å². The topological polar surface area (TPSA) is 53.7 Å². The molecule has 2 atom stereocenters. The molecule has 4 nitrogen and oxygen atoms in total. The van der Waals surface area contributed by atoms with Crippen molar-refractivity contribution in [1.82, 2.24) is 0 Å². The van der Waals surface area contributed by atoms with E-state index < -0.39 is 0 Å². The van der Waals surface area contributed by atoms with Gasteiger partial charge in [0.1, 0.15) is 6.61 Å². The largest absolute Gasteiger partial charge is 0.493 e. The third kappa shape index (κ3) is 4.85. The second kappa shape index (κ2) is 8.35. The van der Waals surface area contributed by atoms with E-state index in [1.807, 2.05) is 19.1 Å². The Labute approximate surface area is 126 Å². The molecule has 0 spiro atoms. The lowest BCUT2D eigenvalue weighted by Gasteiger charge is -2.17. The van der Waals surface area contributed by atoms with Crippen molar-refractivity contribution in [3.63, 3.8) is 0 Å². The van der Waals surface area contributed by atoms with Gasteiger partial charge in [-0.1, -0.05) is 18.5 Å². The van der Waals surface area contributed by atoms with Gasteiger partial charge in [0, 0.05) is 13.2 Å². The van der Waals surface area contributed by atoms with E-state index in [1.165, 1.54) is 0 Å². The second-order valence-electron chi connectivity index (χ2n) is 4.84. The first kappa shape index (κ1) is 17.1. The maximum atomic E-state index is 6.28. The van der Waals surface area contributed by atoms with Gasteiger partial charge in [0.2, 0.25) is 0 Å². The molecule has 2 N–H and O–H groups in total. The van der Waals surface area contributed by atoms with Gasteiger partial charge in [-0.05, 0) is 37.5 Å². The average Bonchev–Trinajstić information content (AvgIpc) is 2.44. The predicted molar refractivity (Wildman–Crippen MR) is 81.9 cm³/mol. The Bertz CT molecular complexity index is 426.